The monoisotopic (exact) mass is 844 g/mol. The van der Waals surface area contributed by atoms with Gasteiger partial charge in [0.25, 0.3) is 0 Å². The Kier molecular flexibility index (Phi) is 21.7. The van der Waals surface area contributed by atoms with Crippen LogP contribution in [-0.2, 0) is 49.5 Å². The molecule has 1 aromatic carbocycles. The van der Waals surface area contributed by atoms with E-state index in [1.54, 1.807) is 46.6 Å². The van der Waals surface area contributed by atoms with Crippen LogP contribution in [0.4, 0.5) is 0 Å². The summed E-state index contributed by atoms with van der Waals surface area (Å²) < 4.78 is 5.36. The number of nitrogens with zero attached hydrogens (tertiary/aromatic N) is 3. The molecule has 0 spiro atoms. The smallest absolute Gasteiger partial charge is 0.305 e. The fraction of sp³-hybridized carbons (Fsp3) is 0.674. The van der Waals surface area contributed by atoms with Crippen molar-refractivity contribution in [1.29, 1.82) is 0 Å². The van der Waals surface area contributed by atoms with Gasteiger partial charge in [0.05, 0.1) is 26.1 Å². The maximum Gasteiger partial charge on any atom is 0.305 e. The van der Waals surface area contributed by atoms with Crippen LogP contribution in [0.25, 0.3) is 0 Å². The first kappa shape index (κ1) is 51.1. The zero-order chi connectivity index (χ0) is 45.1. The Bertz CT molecular complexity index is 1600. The van der Waals surface area contributed by atoms with Gasteiger partial charge in [-0.1, -0.05) is 78.3 Å². The lowest BCUT2D eigenvalue weighted by Gasteiger charge is -2.33. The molecular weight excluding hydrogens is 775 g/mol. The molecule has 1 saturated heterocycles. The van der Waals surface area contributed by atoms with Crippen LogP contribution in [0.1, 0.15) is 93.1 Å². The number of carbonyl (C=O) groups is 8. The van der Waals surface area contributed by atoms with Crippen LogP contribution in [0.3, 0.4) is 0 Å². The highest BCUT2D eigenvalue weighted by Crippen LogP contribution is 2.17. The molecule has 6 atom stereocenters. The minimum Gasteiger partial charge on any atom is -0.481 e. The molecule has 0 bridgehead atoms. The number of morpholine rings is 1. The summed E-state index contributed by atoms with van der Waals surface area (Å²) in [5.74, 6) is -6.70. The van der Waals surface area contributed by atoms with Crippen molar-refractivity contribution in [2.24, 2.45) is 17.8 Å². The lowest BCUT2D eigenvalue weighted by Crippen LogP contribution is -2.61. The number of carboxylic acid groups (broad SMARTS) is 1. The van der Waals surface area contributed by atoms with Gasteiger partial charge < -0.3 is 45.8 Å². The third kappa shape index (κ3) is 16.2. The van der Waals surface area contributed by atoms with Gasteiger partial charge in [-0.2, -0.15) is 0 Å². The number of carbonyl (C=O) groups excluding carboxylic acids is 7. The molecule has 0 aromatic heterocycles. The van der Waals surface area contributed by atoms with Crippen molar-refractivity contribution in [3.05, 3.63) is 35.9 Å². The van der Waals surface area contributed by atoms with Gasteiger partial charge in [-0.3, -0.25) is 38.4 Å². The number of benzene rings is 1. The number of ether oxygens (including phenoxy) is 1. The van der Waals surface area contributed by atoms with Crippen LogP contribution in [0.15, 0.2) is 30.3 Å². The molecule has 0 aliphatic carbocycles. The quantitative estimate of drug-likeness (QED) is 0.101. The molecule has 0 unspecified atom stereocenters. The van der Waals surface area contributed by atoms with E-state index in [2.05, 4.69) is 21.3 Å². The molecule has 336 valence electrons. The van der Waals surface area contributed by atoms with Gasteiger partial charge in [-0.05, 0) is 50.0 Å². The van der Waals surface area contributed by atoms with E-state index in [0.29, 0.717) is 25.9 Å². The van der Waals surface area contributed by atoms with E-state index < -0.39 is 84.5 Å². The first-order valence-electron chi connectivity index (χ1n) is 21.2. The molecule has 5 N–H and O–H groups in total. The van der Waals surface area contributed by atoms with E-state index in [1.807, 2.05) is 51.1 Å². The molecule has 1 fully saturated rings. The van der Waals surface area contributed by atoms with Gasteiger partial charge in [0.1, 0.15) is 30.2 Å². The minimum atomic E-state index is -1.68. The van der Waals surface area contributed by atoms with Gasteiger partial charge in [-0.15, -0.1) is 0 Å². The molecule has 7 amide bonds. The molecular formula is C43H69N7O10. The molecule has 1 heterocycles. The first-order valence-corrected chi connectivity index (χ1v) is 21.2. The summed E-state index contributed by atoms with van der Waals surface area (Å²) in [6.07, 6.45) is -0.105. The summed E-state index contributed by atoms with van der Waals surface area (Å²) in [7, 11) is 1.54. The second kappa shape index (κ2) is 25.5. The number of aryl methyl sites for hydroxylation is 1. The Morgan fingerprint density at radius 1 is 0.750 bits per heavy atom. The predicted molar refractivity (Wildman–Crippen MR) is 225 cm³/mol. The van der Waals surface area contributed by atoms with Crippen molar-refractivity contribution in [3.63, 3.8) is 0 Å². The van der Waals surface area contributed by atoms with Crippen LogP contribution in [0.2, 0.25) is 0 Å². The summed E-state index contributed by atoms with van der Waals surface area (Å²) in [6, 6.07) is 3.03. The number of carboxylic acids is 1. The van der Waals surface area contributed by atoms with Crippen LogP contribution < -0.4 is 21.3 Å². The topological polar surface area (TPSA) is 224 Å². The molecule has 17 nitrogen and oxygen atoms in total. The second-order valence-electron chi connectivity index (χ2n) is 16.2. The van der Waals surface area contributed by atoms with Crippen molar-refractivity contribution >= 4 is 47.3 Å². The number of rotatable bonds is 24. The third-order valence-corrected chi connectivity index (χ3v) is 10.8. The highest BCUT2D eigenvalue weighted by Gasteiger charge is 2.38. The van der Waals surface area contributed by atoms with Crippen molar-refractivity contribution < 1.29 is 48.2 Å². The number of hydrogen-bond acceptors (Lipinski definition) is 9. The van der Waals surface area contributed by atoms with E-state index in [-0.39, 0.29) is 62.8 Å². The summed E-state index contributed by atoms with van der Waals surface area (Å²) in [5.41, 5.74) is 0.972. The predicted octanol–water partition coefficient (Wildman–Crippen LogP) is 1.73. The summed E-state index contributed by atoms with van der Waals surface area (Å²) in [5, 5.41) is 20.2. The van der Waals surface area contributed by atoms with Crippen LogP contribution in [0.5, 0.6) is 0 Å². The lowest BCUT2D eigenvalue weighted by atomic mass is 9.95. The number of likely N-dealkylation sites (N-methyl/N-ethyl adjacent to an activating group) is 2. The Morgan fingerprint density at radius 3 is 1.82 bits per heavy atom. The summed E-state index contributed by atoms with van der Waals surface area (Å²) in [4.78, 5) is 113. The summed E-state index contributed by atoms with van der Waals surface area (Å²) >= 11 is 0. The summed E-state index contributed by atoms with van der Waals surface area (Å²) in [6.45, 7) is 16.2. The fourth-order valence-electron chi connectivity index (χ4n) is 7.06. The zero-order valence-electron chi connectivity index (χ0n) is 37.0. The van der Waals surface area contributed by atoms with Crippen molar-refractivity contribution in [2.75, 3.05) is 46.4 Å². The maximum absolute atomic E-state index is 14.2. The largest absolute Gasteiger partial charge is 0.481 e. The van der Waals surface area contributed by atoms with Crippen LogP contribution in [-0.4, -0.2) is 144 Å². The van der Waals surface area contributed by atoms with E-state index in [9.17, 15) is 43.5 Å². The lowest BCUT2D eigenvalue weighted by molar-refractivity contribution is -0.144. The van der Waals surface area contributed by atoms with Gasteiger partial charge in [-0.25, -0.2) is 0 Å². The molecule has 1 aromatic rings. The van der Waals surface area contributed by atoms with Crippen molar-refractivity contribution in [2.45, 2.75) is 124 Å². The SMILES string of the molecule is CC[C@H](C)[C@H](NC(=O)[C@H](C(C)C)N(C)C(=O)CCc1ccccc1)C(=O)N[C@@H](CC(=O)N1CCOCC1)C(=O)N[C@@H](CC(=O)O)C(=O)N[C@@H](CC(C)C)C(=O)N(CC)CC. The molecule has 60 heavy (non-hydrogen) atoms. The van der Waals surface area contributed by atoms with Gasteiger partial charge in [0.15, 0.2) is 0 Å². The molecule has 2 rings (SSSR count). The fourth-order valence-corrected chi connectivity index (χ4v) is 7.06. The standard InChI is InChI=1S/C43H69N7O10/c1-10-29(8)37(47-42(58)38(28(6)7)48(9)34(51)19-18-30-16-14-13-15-17-30)41(57)45-31(25-35(52)50-20-22-60-23-21-50)39(55)44-32(26-36(53)54)40(56)46-33(24-27(4)5)43(59)49(11-2)12-3/h13-17,27-29,31-33,37-38H,10-12,18-26H2,1-9H3,(H,44,55)(H,45,57)(H,46,56)(H,47,58)(H,53,54)/t29-,31-,32-,33-,37-,38-/m0/s1. The second-order valence-corrected chi connectivity index (χ2v) is 16.2. The van der Waals surface area contributed by atoms with Gasteiger partial charge in [0, 0.05) is 39.6 Å². The normalized spacial score (nSPS) is 15.8. The average molecular weight is 844 g/mol. The van der Waals surface area contributed by atoms with Crippen LogP contribution in [0, 0.1) is 17.8 Å². The molecule has 1 aliphatic heterocycles. The van der Waals surface area contributed by atoms with E-state index >= 15 is 0 Å². The van der Waals surface area contributed by atoms with Crippen molar-refractivity contribution in [1.82, 2.24) is 36.0 Å². The highest BCUT2D eigenvalue weighted by atomic mass is 16.5. The Hall–Kier alpha value is -5.06. The Labute approximate surface area is 355 Å². The molecule has 0 radical (unpaired) electrons. The van der Waals surface area contributed by atoms with E-state index in [1.165, 1.54) is 9.80 Å². The van der Waals surface area contributed by atoms with Crippen LogP contribution >= 0.6 is 0 Å². The number of hydrogen-bond donors (Lipinski definition) is 5. The highest BCUT2D eigenvalue weighted by molar-refractivity contribution is 5.99. The first-order chi connectivity index (χ1) is 28.3. The third-order valence-electron chi connectivity index (χ3n) is 10.8. The maximum atomic E-state index is 14.2. The average Bonchev–Trinajstić information content (AvgIpc) is 3.21. The number of aliphatic carboxylic acids is 1. The molecule has 1 aliphatic rings. The Morgan fingerprint density at radius 2 is 1.30 bits per heavy atom. The molecule has 0 saturated carbocycles. The number of nitrogens with one attached hydrogen (secondary N) is 4. The van der Waals surface area contributed by atoms with Gasteiger partial charge in [0.2, 0.25) is 41.4 Å². The number of amides is 7. The van der Waals surface area contributed by atoms with Gasteiger partial charge >= 0.3 is 5.97 Å². The zero-order valence-corrected chi connectivity index (χ0v) is 37.0. The van der Waals surface area contributed by atoms with Crippen molar-refractivity contribution in [3.8, 4) is 0 Å². The minimum absolute atomic E-state index is 0.0246. The van der Waals surface area contributed by atoms with E-state index in [4.69, 9.17) is 4.74 Å². The Balaban J connectivity index is 2.41. The van der Waals surface area contributed by atoms with E-state index in [0.717, 1.165) is 5.56 Å². The molecule has 17 heteroatoms.